The first-order valence-corrected chi connectivity index (χ1v) is 8.37. The third kappa shape index (κ3) is 3.57. The summed E-state index contributed by atoms with van der Waals surface area (Å²) in [6.45, 7) is 4.55. The molecule has 2 aromatic carbocycles. The van der Waals surface area contributed by atoms with E-state index in [4.69, 9.17) is 9.47 Å². The third-order valence-electron chi connectivity index (χ3n) is 4.13. The topological polar surface area (TPSA) is 35.5 Å². The number of ketones is 1. The number of carbonyl (C=O) groups excluding carboxylic acids is 1. The molecule has 0 bridgehead atoms. The van der Waals surface area contributed by atoms with Crippen LogP contribution in [0.15, 0.2) is 60.2 Å². The summed E-state index contributed by atoms with van der Waals surface area (Å²) >= 11 is 0. The van der Waals surface area contributed by atoms with E-state index in [-0.39, 0.29) is 12.1 Å². The van der Waals surface area contributed by atoms with Crippen molar-refractivity contribution in [1.82, 2.24) is 0 Å². The van der Waals surface area contributed by atoms with Crippen molar-refractivity contribution in [3.05, 3.63) is 76.9 Å². The average molecular weight is 322 g/mol. The maximum Gasteiger partial charge on any atom is 0.200 e. The van der Waals surface area contributed by atoms with Gasteiger partial charge >= 0.3 is 0 Å². The number of allylic oxidation sites excluding steroid dienone is 1. The molecule has 2 aromatic rings. The molecule has 0 aliphatic carbocycles. The van der Waals surface area contributed by atoms with Crippen LogP contribution in [0.1, 0.15) is 41.3 Å². The van der Waals surface area contributed by atoms with Gasteiger partial charge in [0.15, 0.2) is 12.1 Å². The van der Waals surface area contributed by atoms with Crippen molar-refractivity contribution in [2.45, 2.75) is 33.0 Å². The van der Waals surface area contributed by atoms with Crippen molar-refractivity contribution in [1.29, 1.82) is 0 Å². The van der Waals surface area contributed by atoms with Gasteiger partial charge in [0.1, 0.15) is 5.76 Å². The molecular weight excluding hydrogens is 300 g/mol. The van der Waals surface area contributed by atoms with Gasteiger partial charge in [0.25, 0.3) is 0 Å². The number of aryl methyl sites for hydroxylation is 1. The highest BCUT2D eigenvalue weighted by Gasteiger charge is 2.28. The largest absolute Gasteiger partial charge is 0.464 e. The van der Waals surface area contributed by atoms with Crippen LogP contribution in [-0.2, 0) is 9.47 Å². The van der Waals surface area contributed by atoms with Gasteiger partial charge in [-0.15, -0.1) is 0 Å². The Morgan fingerprint density at radius 3 is 2.50 bits per heavy atom. The van der Waals surface area contributed by atoms with Gasteiger partial charge < -0.3 is 9.47 Å². The highest BCUT2D eigenvalue weighted by molar-refractivity contribution is 6.12. The van der Waals surface area contributed by atoms with Crippen LogP contribution in [0.4, 0.5) is 0 Å². The number of Topliss-reactive ketones (excluding diaryl/α,β-unsaturated/α-hetero) is 1. The van der Waals surface area contributed by atoms with E-state index >= 15 is 0 Å². The molecule has 0 radical (unpaired) electrons. The maximum atomic E-state index is 13.0. The summed E-state index contributed by atoms with van der Waals surface area (Å²) in [6.07, 6.45) is 1.05. The number of rotatable bonds is 5. The molecule has 1 aliphatic rings. The summed E-state index contributed by atoms with van der Waals surface area (Å²) in [5.74, 6) is 0.676. The Morgan fingerprint density at radius 2 is 1.83 bits per heavy atom. The van der Waals surface area contributed by atoms with Crippen LogP contribution < -0.4 is 0 Å². The zero-order chi connectivity index (χ0) is 16.9. The zero-order valence-corrected chi connectivity index (χ0v) is 14.1. The molecule has 1 unspecified atom stereocenters. The van der Waals surface area contributed by atoms with Crippen molar-refractivity contribution in [3.8, 4) is 0 Å². The summed E-state index contributed by atoms with van der Waals surface area (Å²) in [5, 5.41) is 0. The van der Waals surface area contributed by atoms with Crippen molar-refractivity contribution in [2.24, 2.45) is 0 Å². The lowest BCUT2D eigenvalue weighted by Crippen LogP contribution is -2.24. The molecule has 0 saturated heterocycles. The summed E-state index contributed by atoms with van der Waals surface area (Å²) in [5.41, 5.74) is 3.47. The van der Waals surface area contributed by atoms with Crippen molar-refractivity contribution in [3.63, 3.8) is 0 Å². The van der Waals surface area contributed by atoms with Gasteiger partial charge in [-0.2, -0.15) is 0 Å². The van der Waals surface area contributed by atoms with Gasteiger partial charge in [0.05, 0.1) is 0 Å². The minimum atomic E-state index is -0.292. The quantitative estimate of drug-likeness (QED) is 0.744. The first-order chi connectivity index (χ1) is 11.7. The van der Waals surface area contributed by atoms with E-state index in [2.05, 4.69) is 0 Å². The van der Waals surface area contributed by atoms with E-state index < -0.39 is 0 Å². The molecule has 1 atom stereocenters. The highest BCUT2D eigenvalue weighted by Crippen LogP contribution is 2.33. The number of hydrogen-bond donors (Lipinski definition) is 0. The van der Waals surface area contributed by atoms with Crippen LogP contribution in [0.2, 0.25) is 0 Å². The van der Waals surface area contributed by atoms with Gasteiger partial charge in [-0.1, -0.05) is 60.2 Å². The smallest absolute Gasteiger partial charge is 0.200 e. The molecule has 24 heavy (non-hydrogen) atoms. The van der Waals surface area contributed by atoms with Gasteiger partial charge in [-0.25, -0.2) is 0 Å². The Hall–Kier alpha value is -2.39. The highest BCUT2D eigenvalue weighted by atomic mass is 16.7. The monoisotopic (exact) mass is 322 g/mol. The van der Waals surface area contributed by atoms with E-state index in [1.807, 2.05) is 68.4 Å². The molecule has 3 rings (SSSR count). The molecule has 0 fully saturated rings. The SMILES string of the molecule is CCOC1CCC(C(=O)c2ccc(C)cc2)=C(c2ccccc2)O1. The third-order valence-corrected chi connectivity index (χ3v) is 4.13. The van der Waals surface area contributed by atoms with Gasteiger partial charge in [0, 0.05) is 29.7 Å². The number of carbonyl (C=O) groups is 1. The minimum absolute atomic E-state index is 0.0313. The van der Waals surface area contributed by atoms with Crippen molar-refractivity contribution in [2.75, 3.05) is 6.61 Å². The fourth-order valence-electron chi connectivity index (χ4n) is 2.87. The Labute approximate surface area is 142 Å². The summed E-state index contributed by atoms with van der Waals surface area (Å²) in [4.78, 5) is 13.0. The molecular formula is C21H22O3. The van der Waals surface area contributed by atoms with Crippen molar-refractivity contribution < 1.29 is 14.3 Å². The fraction of sp³-hybridized carbons (Fsp3) is 0.286. The second-order valence-corrected chi connectivity index (χ2v) is 5.91. The van der Waals surface area contributed by atoms with Crippen molar-refractivity contribution >= 4 is 11.5 Å². The molecule has 0 saturated carbocycles. The Balaban J connectivity index is 1.99. The van der Waals surface area contributed by atoms with Crippen LogP contribution in [0.5, 0.6) is 0 Å². The number of hydrogen-bond acceptors (Lipinski definition) is 3. The lowest BCUT2D eigenvalue weighted by atomic mass is 9.93. The molecule has 3 nitrogen and oxygen atoms in total. The molecule has 0 spiro atoms. The molecule has 0 amide bonds. The predicted molar refractivity (Wildman–Crippen MR) is 94.6 cm³/mol. The Bertz CT molecular complexity index is 729. The maximum absolute atomic E-state index is 13.0. The lowest BCUT2D eigenvalue weighted by molar-refractivity contribution is -0.102. The van der Waals surface area contributed by atoms with E-state index in [0.717, 1.165) is 16.7 Å². The van der Waals surface area contributed by atoms with Gasteiger partial charge in [0.2, 0.25) is 0 Å². The number of ether oxygens (including phenoxy) is 2. The molecule has 3 heteroatoms. The summed E-state index contributed by atoms with van der Waals surface area (Å²) in [6, 6.07) is 17.5. The molecule has 1 aliphatic heterocycles. The average Bonchev–Trinajstić information content (AvgIpc) is 2.63. The van der Waals surface area contributed by atoms with E-state index in [0.29, 0.717) is 30.8 Å². The molecule has 0 aromatic heterocycles. The summed E-state index contributed by atoms with van der Waals surface area (Å²) < 4.78 is 11.6. The lowest BCUT2D eigenvalue weighted by Gasteiger charge is -2.28. The standard InChI is InChI=1S/C21H22O3/c1-3-23-19-14-13-18(20(22)16-11-9-15(2)10-12-16)21(24-19)17-7-5-4-6-8-17/h4-12,19H,3,13-14H2,1-2H3. The minimum Gasteiger partial charge on any atom is -0.464 e. The van der Waals surface area contributed by atoms with Gasteiger partial charge in [-0.05, 0) is 20.3 Å². The second-order valence-electron chi connectivity index (χ2n) is 5.91. The fourth-order valence-corrected chi connectivity index (χ4v) is 2.87. The second kappa shape index (κ2) is 7.45. The summed E-state index contributed by atoms with van der Waals surface area (Å²) in [7, 11) is 0. The molecule has 124 valence electrons. The van der Waals surface area contributed by atoms with Crippen LogP contribution in [-0.4, -0.2) is 18.7 Å². The van der Waals surface area contributed by atoms with Crippen LogP contribution in [0.3, 0.4) is 0 Å². The first-order valence-electron chi connectivity index (χ1n) is 8.37. The molecule has 0 N–H and O–H groups in total. The Kier molecular flexibility index (Phi) is 5.11. The Morgan fingerprint density at radius 1 is 1.12 bits per heavy atom. The normalized spacial score (nSPS) is 17.5. The zero-order valence-electron chi connectivity index (χ0n) is 14.1. The van der Waals surface area contributed by atoms with Gasteiger partial charge in [-0.3, -0.25) is 4.79 Å². The van der Waals surface area contributed by atoms with E-state index in [1.54, 1.807) is 0 Å². The van der Waals surface area contributed by atoms with Crippen LogP contribution in [0.25, 0.3) is 5.76 Å². The van der Waals surface area contributed by atoms with E-state index in [1.165, 1.54) is 0 Å². The van der Waals surface area contributed by atoms with Crippen LogP contribution >= 0.6 is 0 Å². The number of benzene rings is 2. The van der Waals surface area contributed by atoms with Crippen LogP contribution in [0, 0.1) is 6.92 Å². The van der Waals surface area contributed by atoms with E-state index in [9.17, 15) is 4.79 Å². The first kappa shape index (κ1) is 16.5. The molecule has 1 heterocycles. The predicted octanol–water partition coefficient (Wildman–Crippen LogP) is 4.76.